The van der Waals surface area contributed by atoms with Crippen molar-refractivity contribution in [1.29, 1.82) is 0 Å². The van der Waals surface area contributed by atoms with E-state index in [1.54, 1.807) is 13.3 Å². The molecule has 0 radical (unpaired) electrons. The van der Waals surface area contributed by atoms with Crippen LogP contribution < -0.4 is 10.1 Å². The topological polar surface area (TPSA) is 60.5 Å². The minimum atomic E-state index is -0.144. The third-order valence-corrected chi connectivity index (χ3v) is 2.78. The molecule has 0 bridgehead atoms. The number of nitrogens with zero attached hydrogens (tertiary/aromatic N) is 1. The minimum absolute atomic E-state index is 0.00694. The molecule has 0 saturated carbocycles. The van der Waals surface area contributed by atoms with Crippen LogP contribution in [-0.4, -0.2) is 37.8 Å². The molecule has 0 fully saturated rings. The Morgan fingerprint density at radius 3 is 3.05 bits per heavy atom. The zero-order valence-electron chi connectivity index (χ0n) is 11.5. The molecule has 2 aromatic rings. The van der Waals surface area contributed by atoms with Gasteiger partial charge in [-0.15, -0.1) is 0 Å². The van der Waals surface area contributed by atoms with E-state index >= 15 is 0 Å². The predicted octanol–water partition coefficient (Wildman–Crippen LogP) is 1.77. The number of nitrogens with one attached hydrogen (secondary N) is 1. The molecular formula is C15H18N2O3. The number of hydrogen-bond donors (Lipinski definition) is 1. The van der Waals surface area contributed by atoms with Gasteiger partial charge in [-0.2, -0.15) is 0 Å². The van der Waals surface area contributed by atoms with E-state index in [4.69, 9.17) is 9.47 Å². The van der Waals surface area contributed by atoms with Gasteiger partial charge in [0.1, 0.15) is 5.75 Å². The summed E-state index contributed by atoms with van der Waals surface area (Å²) in [6, 6.07) is 9.64. The SMILES string of the molecule is COCCCNC(=O)COc1cnc2ccccc2c1. The molecule has 0 aliphatic rings. The first-order chi connectivity index (χ1) is 9.79. The number of rotatable bonds is 7. The number of aromatic nitrogens is 1. The second kappa shape index (κ2) is 7.45. The van der Waals surface area contributed by atoms with Gasteiger partial charge in [0.25, 0.3) is 5.91 Å². The summed E-state index contributed by atoms with van der Waals surface area (Å²) in [5.74, 6) is 0.449. The first-order valence-corrected chi connectivity index (χ1v) is 6.53. The highest BCUT2D eigenvalue weighted by molar-refractivity contribution is 5.80. The number of fused-ring (bicyclic) bond motifs is 1. The van der Waals surface area contributed by atoms with Crippen molar-refractivity contribution in [3.05, 3.63) is 36.5 Å². The van der Waals surface area contributed by atoms with Crippen LogP contribution >= 0.6 is 0 Å². The van der Waals surface area contributed by atoms with Gasteiger partial charge in [0.05, 0.1) is 11.7 Å². The normalized spacial score (nSPS) is 10.4. The van der Waals surface area contributed by atoms with E-state index in [0.717, 1.165) is 17.3 Å². The molecular weight excluding hydrogens is 256 g/mol. The number of carbonyl (C=O) groups is 1. The Labute approximate surface area is 117 Å². The number of hydrogen-bond acceptors (Lipinski definition) is 4. The van der Waals surface area contributed by atoms with Crippen molar-refractivity contribution in [3.63, 3.8) is 0 Å². The van der Waals surface area contributed by atoms with Crippen LogP contribution in [0.4, 0.5) is 0 Å². The molecule has 0 unspecified atom stereocenters. The van der Waals surface area contributed by atoms with Crippen molar-refractivity contribution in [1.82, 2.24) is 10.3 Å². The Hall–Kier alpha value is -2.14. The van der Waals surface area contributed by atoms with E-state index in [0.29, 0.717) is 18.9 Å². The largest absolute Gasteiger partial charge is 0.482 e. The first kappa shape index (κ1) is 14.3. The maximum atomic E-state index is 11.5. The van der Waals surface area contributed by atoms with Gasteiger partial charge in [-0.1, -0.05) is 18.2 Å². The molecule has 20 heavy (non-hydrogen) atoms. The van der Waals surface area contributed by atoms with Crippen molar-refractivity contribution in [3.8, 4) is 5.75 Å². The molecule has 0 spiro atoms. The fraction of sp³-hybridized carbons (Fsp3) is 0.333. The van der Waals surface area contributed by atoms with E-state index in [1.165, 1.54) is 0 Å². The summed E-state index contributed by atoms with van der Waals surface area (Å²) in [4.78, 5) is 15.8. The van der Waals surface area contributed by atoms with Crippen LogP contribution in [0.1, 0.15) is 6.42 Å². The van der Waals surface area contributed by atoms with E-state index < -0.39 is 0 Å². The first-order valence-electron chi connectivity index (χ1n) is 6.53. The van der Waals surface area contributed by atoms with Gasteiger partial charge in [-0.05, 0) is 18.6 Å². The summed E-state index contributed by atoms with van der Waals surface area (Å²) in [5.41, 5.74) is 0.906. The zero-order valence-corrected chi connectivity index (χ0v) is 11.5. The molecule has 0 saturated heterocycles. The van der Waals surface area contributed by atoms with Crippen molar-refractivity contribution >= 4 is 16.8 Å². The Morgan fingerprint density at radius 2 is 2.20 bits per heavy atom. The van der Waals surface area contributed by atoms with Crippen LogP contribution in [0.5, 0.6) is 5.75 Å². The number of methoxy groups -OCH3 is 1. The van der Waals surface area contributed by atoms with Crippen molar-refractivity contribution in [2.24, 2.45) is 0 Å². The summed E-state index contributed by atoms with van der Waals surface area (Å²) >= 11 is 0. The van der Waals surface area contributed by atoms with E-state index in [9.17, 15) is 4.79 Å². The van der Waals surface area contributed by atoms with E-state index in [-0.39, 0.29) is 12.5 Å². The number of carbonyl (C=O) groups excluding carboxylic acids is 1. The fourth-order valence-corrected chi connectivity index (χ4v) is 1.77. The van der Waals surface area contributed by atoms with Gasteiger partial charge in [0.15, 0.2) is 6.61 Å². The molecule has 1 aromatic carbocycles. The van der Waals surface area contributed by atoms with E-state index in [2.05, 4.69) is 10.3 Å². The van der Waals surface area contributed by atoms with Crippen LogP contribution in [0.25, 0.3) is 10.9 Å². The van der Waals surface area contributed by atoms with Gasteiger partial charge in [0, 0.05) is 25.6 Å². The highest BCUT2D eigenvalue weighted by Crippen LogP contribution is 2.17. The van der Waals surface area contributed by atoms with Crippen LogP contribution in [-0.2, 0) is 9.53 Å². The number of ether oxygens (including phenoxy) is 2. The van der Waals surface area contributed by atoms with Crippen molar-refractivity contribution in [2.45, 2.75) is 6.42 Å². The van der Waals surface area contributed by atoms with Crippen LogP contribution in [0.15, 0.2) is 36.5 Å². The van der Waals surface area contributed by atoms with E-state index in [1.807, 2.05) is 30.3 Å². The molecule has 0 aliphatic carbocycles. The molecule has 1 heterocycles. The Bertz CT molecular complexity index is 572. The maximum absolute atomic E-state index is 11.5. The fourth-order valence-electron chi connectivity index (χ4n) is 1.77. The van der Waals surface area contributed by atoms with Crippen LogP contribution in [0, 0.1) is 0 Å². The molecule has 1 aromatic heterocycles. The molecule has 1 amide bonds. The molecule has 1 N–H and O–H groups in total. The van der Waals surface area contributed by atoms with Crippen molar-refractivity contribution < 1.29 is 14.3 Å². The second-order valence-corrected chi connectivity index (χ2v) is 4.35. The third kappa shape index (κ3) is 4.20. The molecule has 5 nitrogen and oxygen atoms in total. The lowest BCUT2D eigenvalue weighted by atomic mass is 10.2. The zero-order chi connectivity index (χ0) is 14.2. The van der Waals surface area contributed by atoms with Gasteiger partial charge in [-0.3, -0.25) is 9.78 Å². The maximum Gasteiger partial charge on any atom is 0.257 e. The molecule has 106 valence electrons. The summed E-state index contributed by atoms with van der Waals surface area (Å²) in [6.45, 7) is 1.22. The lowest BCUT2D eigenvalue weighted by Crippen LogP contribution is -2.30. The number of amides is 1. The highest BCUT2D eigenvalue weighted by Gasteiger charge is 2.03. The molecule has 0 aliphatic heterocycles. The van der Waals surface area contributed by atoms with Gasteiger partial charge in [-0.25, -0.2) is 0 Å². The Morgan fingerprint density at radius 1 is 1.35 bits per heavy atom. The lowest BCUT2D eigenvalue weighted by molar-refractivity contribution is -0.123. The Kier molecular flexibility index (Phi) is 5.32. The molecule has 5 heteroatoms. The summed E-state index contributed by atoms with van der Waals surface area (Å²) < 4.78 is 10.3. The number of pyridine rings is 1. The lowest BCUT2D eigenvalue weighted by Gasteiger charge is -2.07. The standard InChI is InChI=1S/C15H18N2O3/c1-19-8-4-7-16-15(18)11-20-13-9-12-5-2-3-6-14(12)17-10-13/h2-3,5-6,9-10H,4,7-8,11H2,1H3,(H,16,18). The summed E-state index contributed by atoms with van der Waals surface area (Å²) in [7, 11) is 1.64. The smallest absolute Gasteiger partial charge is 0.257 e. The Balaban J connectivity index is 1.81. The minimum Gasteiger partial charge on any atom is -0.482 e. The summed E-state index contributed by atoms with van der Waals surface area (Å²) in [5, 5.41) is 3.75. The third-order valence-electron chi connectivity index (χ3n) is 2.78. The average molecular weight is 274 g/mol. The predicted molar refractivity (Wildman–Crippen MR) is 76.7 cm³/mol. The quantitative estimate of drug-likeness (QED) is 0.782. The highest BCUT2D eigenvalue weighted by atomic mass is 16.5. The second-order valence-electron chi connectivity index (χ2n) is 4.35. The summed E-state index contributed by atoms with van der Waals surface area (Å²) in [6.07, 6.45) is 2.42. The van der Waals surface area contributed by atoms with Crippen LogP contribution in [0.3, 0.4) is 0 Å². The molecule has 0 atom stereocenters. The van der Waals surface area contributed by atoms with Crippen LogP contribution in [0.2, 0.25) is 0 Å². The van der Waals surface area contributed by atoms with Crippen molar-refractivity contribution in [2.75, 3.05) is 26.9 Å². The van der Waals surface area contributed by atoms with Gasteiger partial charge >= 0.3 is 0 Å². The number of para-hydroxylation sites is 1. The average Bonchev–Trinajstić information content (AvgIpc) is 2.49. The molecule has 2 rings (SSSR count). The number of benzene rings is 1. The van der Waals surface area contributed by atoms with Gasteiger partial charge in [0.2, 0.25) is 0 Å². The monoisotopic (exact) mass is 274 g/mol. The van der Waals surface area contributed by atoms with Gasteiger partial charge < -0.3 is 14.8 Å².